The highest BCUT2D eigenvalue weighted by atomic mass is 35.5. The van der Waals surface area contributed by atoms with Crippen LogP contribution in [-0.4, -0.2) is 66.9 Å². The summed E-state index contributed by atoms with van der Waals surface area (Å²) >= 11 is 6.31. The number of pyridine rings is 3. The molecule has 44 heavy (non-hydrogen) atoms. The lowest BCUT2D eigenvalue weighted by molar-refractivity contribution is -0.00545. The lowest BCUT2D eigenvalue weighted by Gasteiger charge is -2.36. The number of aromatic nitrogens is 3. The van der Waals surface area contributed by atoms with Gasteiger partial charge in [0.15, 0.2) is 0 Å². The van der Waals surface area contributed by atoms with Crippen molar-refractivity contribution in [3.8, 4) is 11.4 Å². The van der Waals surface area contributed by atoms with Crippen LogP contribution < -0.4 is 14.5 Å². The molecule has 0 spiro atoms. The standard InChI is InChI=1S/C30H29ClF2N6O4S/c1-17-15-38(16-18(2)43-17)28-5-3-4-24(37-28)25-7-6-19-13-34-21(12-26(19)36-25)14-35-29(40)20-10-23(31)22-8-9-39(27(22)11-20)44(41,42)30(32)33/h3-7,10-13,17-18,30H,8-9,14-16H2,1-2H3,(H,35,40)/t17-,18+. The number of halogens is 3. The highest BCUT2D eigenvalue weighted by molar-refractivity contribution is 7.93. The SMILES string of the molecule is C[C@@H]1CN(c2cccc(-c3ccc4cnc(CNC(=O)c5cc(Cl)c6c(c5)N(S(=O)(=O)C(F)F)CC6)cc4n3)n2)C[C@H](C)O1. The third-order valence-corrected chi connectivity index (χ3v) is 9.38. The van der Waals surface area contributed by atoms with Crippen molar-refractivity contribution in [1.29, 1.82) is 0 Å². The van der Waals surface area contributed by atoms with Gasteiger partial charge in [-0.3, -0.25) is 14.1 Å². The topological polar surface area (TPSA) is 118 Å². The summed E-state index contributed by atoms with van der Waals surface area (Å²) in [7, 11) is -4.88. The van der Waals surface area contributed by atoms with Gasteiger partial charge >= 0.3 is 5.76 Å². The van der Waals surface area contributed by atoms with Crippen LogP contribution in [0.5, 0.6) is 0 Å². The largest absolute Gasteiger partial charge is 0.372 e. The van der Waals surface area contributed by atoms with Gasteiger partial charge in [0.05, 0.1) is 47.0 Å². The molecule has 2 aliphatic heterocycles. The Balaban J connectivity index is 1.20. The number of carbonyl (C=O) groups excluding carboxylic acids is 1. The molecule has 4 aromatic rings. The zero-order valence-electron chi connectivity index (χ0n) is 23.9. The van der Waals surface area contributed by atoms with Crippen molar-refractivity contribution in [2.75, 3.05) is 28.8 Å². The first-order valence-corrected chi connectivity index (χ1v) is 15.9. The van der Waals surface area contributed by atoms with E-state index in [4.69, 9.17) is 26.3 Å². The van der Waals surface area contributed by atoms with E-state index in [1.165, 1.54) is 12.1 Å². The third-order valence-electron chi connectivity index (χ3n) is 7.60. The van der Waals surface area contributed by atoms with Gasteiger partial charge in [0.1, 0.15) is 5.82 Å². The van der Waals surface area contributed by atoms with Gasteiger partial charge in [0.25, 0.3) is 15.9 Å². The summed E-state index contributed by atoms with van der Waals surface area (Å²) in [5.41, 5.74) is 3.03. The number of ether oxygens (including phenoxy) is 1. The highest BCUT2D eigenvalue weighted by Crippen LogP contribution is 2.38. The first kappa shape index (κ1) is 30.1. The van der Waals surface area contributed by atoms with E-state index in [-0.39, 0.29) is 48.0 Å². The fourth-order valence-electron chi connectivity index (χ4n) is 5.59. The Morgan fingerprint density at radius 2 is 1.84 bits per heavy atom. The van der Waals surface area contributed by atoms with E-state index in [9.17, 15) is 22.0 Å². The summed E-state index contributed by atoms with van der Waals surface area (Å²) in [5.74, 6) is -3.30. The van der Waals surface area contributed by atoms with Gasteiger partial charge in [-0.25, -0.2) is 18.4 Å². The molecule has 1 amide bonds. The number of anilines is 2. The smallest absolute Gasteiger partial charge is 0.355 e. The highest BCUT2D eigenvalue weighted by Gasteiger charge is 2.37. The fourth-order valence-corrected chi connectivity index (χ4v) is 6.88. The number of rotatable bonds is 7. The molecule has 1 saturated heterocycles. The summed E-state index contributed by atoms with van der Waals surface area (Å²) < 4.78 is 57.2. The molecular formula is C30H29ClF2N6O4S. The molecule has 5 heterocycles. The van der Waals surface area contributed by atoms with E-state index < -0.39 is 21.7 Å². The minimum Gasteiger partial charge on any atom is -0.372 e. The average molecular weight is 643 g/mol. The Morgan fingerprint density at radius 1 is 1.09 bits per heavy atom. The number of nitrogens with zero attached hydrogens (tertiary/aromatic N) is 5. The maximum absolute atomic E-state index is 13.2. The van der Waals surface area contributed by atoms with Gasteiger partial charge in [0.2, 0.25) is 0 Å². The molecule has 2 aliphatic rings. The summed E-state index contributed by atoms with van der Waals surface area (Å²) in [6.45, 7) is 5.45. The molecule has 10 nitrogen and oxygen atoms in total. The predicted octanol–water partition coefficient (Wildman–Crippen LogP) is 4.80. The van der Waals surface area contributed by atoms with Crippen LogP contribution >= 0.6 is 11.6 Å². The van der Waals surface area contributed by atoms with E-state index in [1.807, 2.05) is 44.2 Å². The molecule has 1 fully saturated rings. The zero-order valence-corrected chi connectivity index (χ0v) is 25.4. The average Bonchev–Trinajstić information content (AvgIpc) is 3.44. The van der Waals surface area contributed by atoms with Gasteiger partial charge in [0, 0.05) is 41.8 Å². The second kappa shape index (κ2) is 11.9. The van der Waals surface area contributed by atoms with Crippen molar-refractivity contribution < 1.29 is 26.7 Å². The number of sulfonamides is 1. The fraction of sp³-hybridized carbons (Fsp3) is 0.333. The summed E-state index contributed by atoms with van der Waals surface area (Å²) in [5, 5.41) is 3.68. The number of hydrogen-bond donors (Lipinski definition) is 1. The first-order valence-electron chi connectivity index (χ1n) is 14.0. The van der Waals surface area contributed by atoms with E-state index in [0.29, 0.717) is 26.8 Å². The number of alkyl halides is 2. The van der Waals surface area contributed by atoms with Gasteiger partial charge in [-0.2, -0.15) is 8.78 Å². The summed E-state index contributed by atoms with van der Waals surface area (Å²) in [6.07, 6.45) is 2.03. The molecule has 3 aromatic heterocycles. The molecule has 0 radical (unpaired) electrons. The van der Waals surface area contributed by atoms with E-state index >= 15 is 0 Å². The number of fused-ring (bicyclic) bond motifs is 2. The molecule has 1 aromatic carbocycles. The summed E-state index contributed by atoms with van der Waals surface area (Å²) in [6, 6.07) is 14.1. The van der Waals surface area contributed by atoms with Crippen LogP contribution in [0.3, 0.4) is 0 Å². The van der Waals surface area contributed by atoms with E-state index in [1.54, 1.807) is 12.3 Å². The second-order valence-electron chi connectivity index (χ2n) is 10.9. The number of carbonyl (C=O) groups is 1. The number of nitrogens with one attached hydrogen (secondary N) is 1. The van der Waals surface area contributed by atoms with Crippen molar-refractivity contribution in [3.05, 3.63) is 76.6 Å². The maximum Gasteiger partial charge on any atom is 0.355 e. The molecule has 14 heteroatoms. The number of hydrogen-bond acceptors (Lipinski definition) is 8. The molecule has 6 rings (SSSR count). The lowest BCUT2D eigenvalue weighted by Crippen LogP contribution is -2.45. The van der Waals surface area contributed by atoms with E-state index in [2.05, 4.69) is 15.2 Å². The molecule has 0 unspecified atom stereocenters. The van der Waals surface area contributed by atoms with Crippen molar-refractivity contribution in [2.24, 2.45) is 0 Å². The van der Waals surface area contributed by atoms with Crippen LogP contribution in [0.4, 0.5) is 20.3 Å². The number of morpholine rings is 1. The van der Waals surface area contributed by atoms with Crippen molar-refractivity contribution >= 4 is 49.9 Å². The van der Waals surface area contributed by atoms with Gasteiger partial charge in [-0.15, -0.1) is 0 Å². The van der Waals surface area contributed by atoms with Crippen LogP contribution in [0.2, 0.25) is 5.02 Å². The van der Waals surface area contributed by atoms with Gasteiger partial charge in [-0.05, 0) is 68.3 Å². The molecule has 1 N–H and O–H groups in total. The predicted molar refractivity (Wildman–Crippen MR) is 164 cm³/mol. The minimum atomic E-state index is -4.88. The maximum atomic E-state index is 13.2. The monoisotopic (exact) mass is 642 g/mol. The Kier molecular flexibility index (Phi) is 8.12. The molecule has 2 atom stereocenters. The quantitative estimate of drug-likeness (QED) is 0.306. The Morgan fingerprint density at radius 3 is 2.59 bits per heavy atom. The van der Waals surface area contributed by atoms with Crippen LogP contribution in [-0.2, 0) is 27.7 Å². The van der Waals surface area contributed by atoms with E-state index in [0.717, 1.165) is 30.0 Å². The van der Waals surface area contributed by atoms with Crippen molar-refractivity contribution in [2.45, 2.75) is 44.8 Å². The summed E-state index contributed by atoms with van der Waals surface area (Å²) in [4.78, 5) is 29.3. The van der Waals surface area contributed by atoms with Crippen molar-refractivity contribution in [3.63, 3.8) is 0 Å². The molecule has 0 aliphatic carbocycles. The number of amides is 1. The zero-order chi connectivity index (χ0) is 31.2. The Bertz CT molecular complexity index is 1850. The third kappa shape index (κ3) is 5.91. The normalized spacial score (nSPS) is 18.6. The molecule has 230 valence electrons. The minimum absolute atomic E-state index is 0.0150. The van der Waals surface area contributed by atoms with Crippen LogP contribution in [0, 0.1) is 0 Å². The Hall–Kier alpha value is -3.94. The molecule has 0 saturated carbocycles. The molecule has 0 bridgehead atoms. The van der Waals surface area contributed by atoms with Gasteiger partial charge < -0.3 is 15.0 Å². The number of benzene rings is 1. The van der Waals surface area contributed by atoms with Crippen LogP contribution in [0.1, 0.15) is 35.5 Å². The van der Waals surface area contributed by atoms with Crippen LogP contribution in [0.15, 0.2) is 54.7 Å². The lowest BCUT2D eigenvalue weighted by atomic mass is 10.1. The van der Waals surface area contributed by atoms with Crippen molar-refractivity contribution in [1.82, 2.24) is 20.3 Å². The molecular weight excluding hydrogens is 614 g/mol. The van der Waals surface area contributed by atoms with Crippen LogP contribution in [0.25, 0.3) is 22.3 Å². The first-order chi connectivity index (χ1) is 21.0. The Labute approximate surface area is 258 Å². The van der Waals surface area contributed by atoms with Gasteiger partial charge in [-0.1, -0.05) is 17.7 Å². The second-order valence-corrected chi connectivity index (χ2v) is 13.1.